The molecule has 0 unspecified atom stereocenters. The first-order valence-electron chi connectivity index (χ1n) is 9.68. The molecule has 0 aliphatic heterocycles. The molecule has 1 amide bonds. The van der Waals surface area contributed by atoms with E-state index >= 15 is 0 Å². The summed E-state index contributed by atoms with van der Waals surface area (Å²) in [4.78, 5) is 16.9. The molecule has 4 aromatic rings. The average molecular weight is 477 g/mol. The van der Waals surface area contributed by atoms with Crippen LogP contribution in [0.3, 0.4) is 0 Å². The van der Waals surface area contributed by atoms with Crippen LogP contribution < -0.4 is 14.8 Å². The number of nitrogens with zero attached hydrogens (tertiary/aromatic N) is 3. The van der Waals surface area contributed by atoms with Crippen LogP contribution >= 0.6 is 11.6 Å². The predicted molar refractivity (Wildman–Crippen MR) is 116 cm³/mol. The molecule has 0 radical (unpaired) electrons. The maximum atomic E-state index is 12.7. The minimum atomic E-state index is -4.86. The lowest BCUT2D eigenvalue weighted by atomic mass is 10.1. The van der Waals surface area contributed by atoms with Gasteiger partial charge in [0.1, 0.15) is 11.5 Å². The zero-order valence-corrected chi connectivity index (χ0v) is 17.8. The van der Waals surface area contributed by atoms with Gasteiger partial charge in [-0.05, 0) is 55.5 Å². The van der Waals surface area contributed by atoms with Gasteiger partial charge in [-0.3, -0.25) is 4.79 Å². The molecule has 0 aliphatic rings. The fourth-order valence-electron chi connectivity index (χ4n) is 3.09. The minimum Gasteiger partial charge on any atom is -0.494 e. The van der Waals surface area contributed by atoms with Gasteiger partial charge in [-0.2, -0.15) is 5.10 Å². The summed E-state index contributed by atoms with van der Waals surface area (Å²) in [7, 11) is 0. The highest BCUT2D eigenvalue weighted by Crippen LogP contribution is 2.33. The van der Waals surface area contributed by atoms with Crippen LogP contribution in [0.15, 0.2) is 60.8 Å². The van der Waals surface area contributed by atoms with Gasteiger partial charge < -0.3 is 14.8 Å². The summed E-state index contributed by atoms with van der Waals surface area (Å²) >= 11 is 5.97. The molecule has 4 rings (SSSR count). The molecule has 0 bridgehead atoms. The Balaban J connectivity index is 1.60. The summed E-state index contributed by atoms with van der Waals surface area (Å²) in [6.07, 6.45) is -3.36. The first-order chi connectivity index (χ1) is 15.7. The monoisotopic (exact) mass is 476 g/mol. The average Bonchev–Trinajstić information content (AvgIpc) is 3.20. The van der Waals surface area contributed by atoms with Crippen LogP contribution in [0.4, 0.5) is 18.9 Å². The largest absolute Gasteiger partial charge is 0.573 e. The second kappa shape index (κ2) is 8.99. The number of rotatable bonds is 6. The fourth-order valence-corrected chi connectivity index (χ4v) is 3.31. The van der Waals surface area contributed by atoms with Gasteiger partial charge in [0.2, 0.25) is 0 Å². The van der Waals surface area contributed by atoms with Gasteiger partial charge >= 0.3 is 6.36 Å². The number of aromatic nitrogens is 3. The van der Waals surface area contributed by atoms with E-state index in [1.54, 1.807) is 30.3 Å². The van der Waals surface area contributed by atoms with Crippen LogP contribution in [0, 0.1) is 0 Å². The van der Waals surface area contributed by atoms with Crippen LogP contribution in [-0.2, 0) is 0 Å². The van der Waals surface area contributed by atoms with Crippen molar-refractivity contribution in [2.45, 2.75) is 13.3 Å². The van der Waals surface area contributed by atoms with Crippen molar-refractivity contribution in [3.63, 3.8) is 0 Å². The van der Waals surface area contributed by atoms with Crippen molar-refractivity contribution in [2.24, 2.45) is 0 Å². The summed E-state index contributed by atoms with van der Waals surface area (Å²) in [5, 5.41) is 6.82. The quantitative estimate of drug-likeness (QED) is 0.392. The Morgan fingerprint density at radius 1 is 1.12 bits per heavy atom. The van der Waals surface area contributed by atoms with Crippen LogP contribution in [-0.4, -0.2) is 33.5 Å². The third-order valence-electron chi connectivity index (χ3n) is 4.47. The zero-order chi connectivity index (χ0) is 23.6. The number of amides is 1. The molecule has 7 nitrogen and oxygen atoms in total. The first kappa shape index (κ1) is 22.4. The van der Waals surface area contributed by atoms with Gasteiger partial charge in [0.15, 0.2) is 11.3 Å². The van der Waals surface area contributed by atoms with E-state index in [1.807, 2.05) is 6.92 Å². The van der Waals surface area contributed by atoms with Crippen LogP contribution in [0.25, 0.3) is 16.9 Å². The van der Waals surface area contributed by atoms with E-state index < -0.39 is 18.0 Å². The second-order valence-electron chi connectivity index (χ2n) is 6.73. The molecule has 0 fully saturated rings. The number of hydrogen-bond donors (Lipinski definition) is 1. The molecule has 2 heterocycles. The summed E-state index contributed by atoms with van der Waals surface area (Å²) in [5.41, 5.74) is 1.97. The molecule has 2 aromatic carbocycles. The Bertz CT molecular complexity index is 1310. The highest BCUT2D eigenvalue weighted by molar-refractivity contribution is 6.32. The summed E-state index contributed by atoms with van der Waals surface area (Å²) < 4.78 is 48.2. The highest BCUT2D eigenvalue weighted by Gasteiger charge is 2.32. The Labute approximate surface area is 190 Å². The Kier molecular flexibility index (Phi) is 6.10. The lowest BCUT2D eigenvalue weighted by molar-refractivity contribution is -0.274. The standard InChI is InChI=1S/C22H16ClF3N4O3/c1-2-32-15-6-4-14(5-7-15)28-21(31)17-12-20-27-10-9-18(30(20)29-17)13-3-8-19(16(23)11-13)33-22(24,25)26/h3-12H,2H2,1H3,(H,28,31). The molecule has 33 heavy (non-hydrogen) atoms. The third kappa shape index (κ3) is 5.17. The van der Waals surface area contributed by atoms with Gasteiger partial charge in [-0.15, -0.1) is 13.2 Å². The number of fused-ring (bicyclic) bond motifs is 1. The minimum absolute atomic E-state index is 0.104. The number of carbonyl (C=O) groups excluding carboxylic acids is 1. The van der Waals surface area contributed by atoms with Crippen molar-refractivity contribution in [3.8, 4) is 22.8 Å². The van der Waals surface area contributed by atoms with E-state index in [-0.39, 0.29) is 10.7 Å². The molecular formula is C22H16ClF3N4O3. The van der Waals surface area contributed by atoms with Crippen LogP contribution in [0.5, 0.6) is 11.5 Å². The predicted octanol–water partition coefficient (Wildman–Crippen LogP) is 5.60. The number of nitrogens with one attached hydrogen (secondary N) is 1. The molecule has 0 aliphatic carbocycles. The van der Waals surface area contributed by atoms with Gasteiger partial charge in [-0.25, -0.2) is 9.50 Å². The maximum absolute atomic E-state index is 12.7. The molecule has 170 valence electrons. The van der Waals surface area contributed by atoms with Crippen LogP contribution in [0.1, 0.15) is 17.4 Å². The molecule has 11 heteroatoms. The van der Waals surface area contributed by atoms with E-state index in [4.69, 9.17) is 16.3 Å². The van der Waals surface area contributed by atoms with Crippen molar-refractivity contribution >= 4 is 28.8 Å². The lowest BCUT2D eigenvalue weighted by Crippen LogP contribution is -2.17. The molecule has 0 atom stereocenters. The number of hydrogen-bond acceptors (Lipinski definition) is 5. The first-order valence-corrected chi connectivity index (χ1v) is 10.1. The van der Waals surface area contributed by atoms with Crippen molar-refractivity contribution in [2.75, 3.05) is 11.9 Å². The second-order valence-corrected chi connectivity index (χ2v) is 7.14. The molecule has 0 saturated heterocycles. The normalized spacial score (nSPS) is 11.4. The Morgan fingerprint density at radius 3 is 2.55 bits per heavy atom. The summed E-state index contributed by atoms with van der Waals surface area (Å²) in [6, 6.07) is 13.8. The summed E-state index contributed by atoms with van der Waals surface area (Å²) in [5.74, 6) is -0.293. The SMILES string of the molecule is CCOc1ccc(NC(=O)c2cc3nccc(-c4ccc(OC(F)(F)F)c(Cl)c4)n3n2)cc1. The molecular weight excluding hydrogens is 461 g/mol. The van der Waals surface area contributed by atoms with E-state index in [0.29, 0.717) is 34.9 Å². The van der Waals surface area contributed by atoms with Crippen molar-refractivity contribution in [1.82, 2.24) is 14.6 Å². The van der Waals surface area contributed by atoms with E-state index in [9.17, 15) is 18.0 Å². The molecule has 0 saturated carbocycles. The Hall–Kier alpha value is -3.79. The number of halogens is 4. The third-order valence-corrected chi connectivity index (χ3v) is 4.76. The molecule has 0 spiro atoms. The van der Waals surface area contributed by atoms with Crippen molar-refractivity contribution < 1.29 is 27.4 Å². The topological polar surface area (TPSA) is 77.8 Å². The van der Waals surface area contributed by atoms with Gasteiger partial charge in [-0.1, -0.05) is 11.6 Å². The van der Waals surface area contributed by atoms with E-state index in [1.165, 1.54) is 28.9 Å². The van der Waals surface area contributed by atoms with Crippen LogP contribution in [0.2, 0.25) is 5.02 Å². The Morgan fingerprint density at radius 2 is 1.88 bits per heavy atom. The fraction of sp³-hybridized carbons (Fsp3) is 0.136. The maximum Gasteiger partial charge on any atom is 0.573 e. The number of carbonyl (C=O) groups is 1. The number of anilines is 1. The zero-order valence-electron chi connectivity index (χ0n) is 17.1. The van der Waals surface area contributed by atoms with Gasteiger partial charge in [0.05, 0.1) is 17.3 Å². The molecule has 2 aromatic heterocycles. The number of alkyl halides is 3. The van der Waals surface area contributed by atoms with Gasteiger partial charge in [0.25, 0.3) is 5.91 Å². The van der Waals surface area contributed by atoms with Crippen molar-refractivity contribution in [3.05, 3.63) is 71.5 Å². The van der Waals surface area contributed by atoms with Crippen molar-refractivity contribution in [1.29, 1.82) is 0 Å². The number of benzene rings is 2. The summed E-state index contributed by atoms with van der Waals surface area (Å²) in [6.45, 7) is 2.41. The highest BCUT2D eigenvalue weighted by atomic mass is 35.5. The van der Waals surface area contributed by atoms with Gasteiger partial charge in [0, 0.05) is 23.5 Å². The number of ether oxygens (including phenoxy) is 2. The molecule has 1 N–H and O–H groups in total. The smallest absolute Gasteiger partial charge is 0.494 e. The van der Waals surface area contributed by atoms with E-state index in [0.717, 1.165) is 6.07 Å². The lowest BCUT2D eigenvalue weighted by Gasteiger charge is -2.11. The van der Waals surface area contributed by atoms with E-state index in [2.05, 4.69) is 20.1 Å².